The summed E-state index contributed by atoms with van der Waals surface area (Å²) in [5, 5.41) is 6.31. The van der Waals surface area contributed by atoms with Gasteiger partial charge in [0.2, 0.25) is 0 Å². The van der Waals surface area contributed by atoms with E-state index in [1.165, 1.54) is 4.88 Å². The van der Waals surface area contributed by atoms with Crippen molar-refractivity contribution < 1.29 is 4.79 Å². The van der Waals surface area contributed by atoms with Gasteiger partial charge in [0.1, 0.15) is 0 Å². The molecule has 29 heavy (non-hydrogen) atoms. The van der Waals surface area contributed by atoms with Crippen molar-refractivity contribution in [3.63, 3.8) is 0 Å². The third-order valence-electron chi connectivity index (χ3n) is 6.41. The molecular formula is C23H30N4OS. The second-order valence-electron chi connectivity index (χ2n) is 8.17. The second-order valence-corrected chi connectivity index (χ2v) is 9.11. The molecule has 1 amide bonds. The smallest absolute Gasteiger partial charge is 0.252 e. The number of hydrogen-bond donors (Lipinski definition) is 1. The van der Waals surface area contributed by atoms with E-state index in [0.29, 0.717) is 6.54 Å². The van der Waals surface area contributed by atoms with Crippen LogP contribution in [-0.2, 0) is 12.6 Å². The van der Waals surface area contributed by atoms with Crippen LogP contribution in [0.2, 0.25) is 0 Å². The maximum atomic E-state index is 12.7. The number of piperidine rings is 1. The fraction of sp³-hybridized carbons (Fsp3) is 0.435. The minimum atomic E-state index is 0.0139. The molecule has 1 fully saturated rings. The molecular weight excluding hydrogens is 380 g/mol. The SMILES string of the molecule is CN(C)C1(c2cccs2)CCN(CCNC(=O)c2cccc3c2ccn3C)CC1. The number of rotatable bonds is 6. The summed E-state index contributed by atoms with van der Waals surface area (Å²) < 4.78 is 2.05. The lowest BCUT2D eigenvalue weighted by Crippen LogP contribution is -2.51. The molecule has 3 aromatic rings. The largest absolute Gasteiger partial charge is 0.351 e. The summed E-state index contributed by atoms with van der Waals surface area (Å²) in [6, 6.07) is 12.3. The Kier molecular flexibility index (Phi) is 5.76. The maximum Gasteiger partial charge on any atom is 0.252 e. The molecule has 0 aliphatic carbocycles. The predicted molar refractivity (Wildman–Crippen MR) is 121 cm³/mol. The van der Waals surface area contributed by atoms with E-state index < -0.39 is 0 Å². The lowest BCUT2D eigenvalue weighted by Gasteiger charge is -2.45. The van der Waals surface area contributed by atoms with Gasteiger partial charge in [-0.25, -0.2) is 0 Å². The van der Waals surface area contributed by atoms with Crippen molar-refractivity contribution in [3.8, 4) is 0 Å². The van der Waals surface area contributed by atoms with Gasteiger partial charge in [0, 0.05) is 60.8 Å². The fourth-order valence-electron chi connectivity index (χ4n) is 4.53. The predicted octanol–water partition coefficient (Wildman–Crippen LogP) is 3.52. The van der Waals surface area contributed by atoms with Crippen molar-refractivity contribution in [1.29, 1.82) is 0 Å². The molecule has 1 aliphatic rings. The topological polar surface area (TPSA) is 40.5 Å². The fourth-order valence-corrected chi connectivity index (χ4v) is 5.59. The summed E-state index contributed by atoms with van der Waals surface area (Å²) in [4.78, 5) is 19.0. The summed E-state index contributed by atoms with van der Waals surface area (Å²) in [7, 11) is 6.39. The van der Waals surface area contributed by atoms with Gasteiger partial charge in [-0.3, -0.25) is 9.69 Å². The van der Waals surface area contributed by atoms with Crippen molar-refractivity contribution >= 4 is 28.1 Å². The second kappa shape index (κ2) is 8.30. The van der Waals surface area contributed by atoms with Gasteiger partial charge >= 0.3 is 0 Å². The molecule has 1 aliphatic heterocycles. The van der Waals surface area contributed by atoms with Gasteiger partial charge in [0.15, 0.2) is 0 Å². The number of likely N-dealkylation sites (tertiary alicyclic amines) is 1. The molecule has 1 saturated heterocycles. The zero-order valence-corrected chi connectivity index (χ0v) is 18.3. The Hall–Kier alpha value is -2.15. The van der Waals surface area contributed by atoms with Crippen LogP contribution in [0, 0.1) is 0 Å². The monoisotopic (exact) mass is 410 g/mol. The summed E-state index contributed by atoms with van der Waals surface area (Å²) in [5.41, 5.74) is 1.99. The Labute approximate surface area is 176 Å². The standard InChI is InChI=1S/C23H30N4OS/c1-25(2)23(21-8-5-17-29-21)10-14-27(15-11-23)16-12-24-22(28)19-6-4-7-20-18(19)9-13-26(20)3/h4-9,13,17H,10-12,14-16H2,1-3H3,(H,24,28). The lowest BCUT2D eigenvalue weighted by molar-refractivity contribution is 0.0567. The highest BCUT2D eigenvalue weighted by Gasteiger charge is 2.38. The highest BCUT2D eigenvalue weighted by atomic mass is 32.1. The van der Waals surface area contributed by atoms with Crippen LogP contribution in [0.1, 0.15) is 28.1 Å². The number of hydrogen-bond acceptors (Lipinski definition) is 4. The van der Waals surface area contributed by atoms with Gasteiger partial charge in [0.25, 0.3) is 5.91 Å². The van der Waals surface area contributed by atoms with E-state index in [1.807, 2.05) is 53.4 Å². The first-order valence-corrected chi connectivity index (χ1v) is 11.2. The molecule has 5 nitrogen and oxygen atoms in total. The van der Waals surface area contributed by atoms with Gasteiger partial charge in [-0.15, -0.1) is 11.3 Å². The van der Waals surface area contributed by atoms with Crippen LogP contribution in [0.4, 0.5) is 0 Å². The van der Waals surface area contributed by atoms with E-state index in [2.05, 4.69) is 46.7 Å². The Morgan fingerprint density at radius 3 is 2.66 bits per heavy atom. The molecule has 0 unspecified atom stereocenters. The van der Waals surface area contributed by atoms with Crippen LogP contribution < -0.4 is 5.32 Å². The highest BCUT2D eigenvalue weighted by Crippen LogP contribution is 2.39. The van der Waals surface area contributed by atoms with Crippen molar-refractivity contribution in [3.05, 3.63) is 58.4 Å². The van der Waals surface area contributed by atoms with Gasteiger partial charge in [-0.05, 0) is 56.6 Å². The summed E-state index contributed by atoms with van der Waals surface area (Å²) >= 11 is 1.86. The zero-order chi connectivity index (χ0) is 20.4. The molecule has 0 radical (unpaired) electrons. The van der Waals surface area contributed by atoms with E-state index in [-0.39, 0.29) is 11.4 Å². The van der Waals surface area contributed by atoms with Gasteiger partial charge in [-0.1, -0.05) is 12.1 Å². The number of carbonyl (C=O) groups is 1. The van der Waals surface area contributed by atoms with Crippen LogP contribution in [0.3, 0.4) is 0 Å². The van der Waals surface area contributed by atoms with Crippen molar-refractivity contribution in [1.82, 2.24) is 19.7 Å². The van der Waals surface area contributed by atoms with Crippen molar-refractivity contribution in [2.45, 2.75) is 18.4 Å². The lowest BCUT2D eigenvalue weighted by atomic mass is 9.84. The van der Waals surface area contributed by atoms with Gasteiger partial charge < -0.3 is 14.8 Å². The Morgan fingerprint density at radius 2 is 1.97 bits per heavy atom. The average molecular weight is 411 g/mol. The van der Waals surface area contributed by atoms with E-state index in [1.54, 1.807) is 0 Å². The number of aromatic nitrogens is 1. The number of carbonyl (C=O) groups excluding carboxylic acids is 1. The average Bonchev–Trinajstić information content (AvgIpc) is 3.39. The molecule has 1 aromatic carbocycles. The summed E-state index contributed by atoms with van der Waals surface area (Å²) in [6.07, 6.45) is 4.25. The van der Waals surface area contributed by atoms with Crippen molar-refractivity contribution in [2.75, 3.05) is 40.3 Å². The molecule has 0 atom stereocenters. The Morgan fingerprint density at radius 1 is 1.17 bits per heavy atom. The number of nitrogens with one attached hydrogen (secondary N) is 1. The molecule has 0 saturated carbocycles. The van der Waals surface area contributed by atoms with Gasteiger partial charge in [-0.2, -0.15) is 0 Å². The maximum absolute atomic E-state index is 12.7. The highest BCUT2D eigenvalue weighted by molar-refractivity contribution is 7.10. The van der Waals surface area contributed by atoms with Gasteiger partial charge in [0.05, 0.1) is 5.54 Å². The third kappa shape index (κ3) is 3.84. The molecule has 6 heteroatoms. The number of amides is 1. The number of nitrogens with zero attached hydrogens (tertiary/aromatic N) is 3. The third-order valence-corrected chi connectivity index (χ3v) is 7.47. The van der Waals surface area contributed by atoms with Crippen LogP contribution in [0.25, 0.3) is 10.9 Å². The number of fused-ring (bicyclic) bond motifs is 1. The normalized spacial score (nSPS) is 17.1. The summed E-state index contributed by atoms with van der Waals surface area (Å²) in [6.45, 7) is 3.68. The molecule has 4 rings (SSSR count). The molecule has 0 spiro atoms. The molecule has 3 heterocycles. The van der Waals surface area contributed by atoms with E-state index in [9.17, 15) is 4.79 Å². The van der Waals surface area contributed by atoms with Crippen LogP contribution in [0.15, 0.2) is 48.0 Å². The van der Waals surface area contributed by atoms with E-state index in [4.69, 9.17) is 0 Å². The molecule has 1 N–H and O–H groups in total. The minimum Gasteiger partial charge on any atom is -0.351 e. The Balaban J connectivity index is 1.32. The Bertz CT molecular complexity index is 968. The first-order valence-electron chi connectivity index (χ1n) is 10.3. The summed E-state index contributed by atoms with van der Waals surface area (Å²) in [5.74, 6) is 0.0139. The quantitative estimate of drug-likeness (QED) is 0.676. The minimum absolute atomic E-state index is 0.0139. The van der Waals surface area contributed by atoms with E-state index >= 15 is 0 Å². The zero-order valence-electron chi connectivity index (χ0n) is 17.5. The number of benzene rings is 1. The molecule has 2 aromatic heterocycles. The van der Waals surface area contributed by atoms with Crippen LogP contribution >= 0.6 is 11.3 Å². The van der Waals surface area contributed by atoms with Crippen molar-refractivity contribution in [2.24, 2.45) is 7.05 Å². The first kappa shape index (κ1) is 20.1. The van der Waals surface area contributed by atoms with Crippen LogP contribution in [0.5, 0.6) is 0 Å². The first-order chi connectivity index (χ1) is 14.0. The number of thiophene rings is 1. The number of aryl methyl sites for hydroxylation is 1. The van der Waals surface area contributed by atoms with Crippen LogP contribution in [-0.4, -0.2) is 60.5 Å². The molecule has 0 bridgehead atoms. The van der Waals surface area contributed by atoms with E-state index in [0.717, 1.165) is 48.9 Å². The molecule has 154 valence electrons.